The fraction of sp³-hybridized carbons (Fsp3) is 0.667. The number of rotatable bonds is 3. The van der Waals surface area contributed by atoms with Crippen molar-refractivity contribution < 1.29 is 4.74 Å². The molecule has 0 aromatic carbocycles. The van der Waals surface area contributed by atoms with Crippen LogP contribution in [0.5, 0.6) is 0 Å². The maximum Gasteiger partial charge on any atom is 0.115 e. The largest absolute Gasteiger partial charge is 0.375 e. The first-order valence-corrected chi connectivity index (χ1v) is 6.01. The molecule has 1 aliphatic heterocycles. The Balaban J connectivity index is 2.24. The fourth-order valence-electron chi connectivity index (χ4n) is 2.77. The van der Waals surface area contributed by atoms with E-state index in [9.17, 15) is 0 Å². The molecule has 0 spiro atoms. The summed E-state index contributed by atoms with van der Waals surface area (Å²) in [5, 5.41) is 0. The van der Waals surface area contributed by atoms with Crippen molar-refractivity contribution in [2.24, 2.45) is 17.7 Å². The number of hydrogen-bond donors (Lipinski definition) is 2. The second-order valence-electron chi connectivity index (χ2n) is 4.80. The summed E-state index contributed by atoms with van der Waals surface area (Å²) in [7, 11) is 0. The molecule has 5 unspecified atom stereocenters. The summed E-state index contributed by atoms with van der Waals surface area (Å²) in [4.78, 5) is 8.09. The Bertz CT molecular complexity index is 359. The van der Waals surface area contributed by atoms with Gasteiger partial charge in [-0.15, -0.1) is 0 Å². The number of nitrogens with zero attached hydrogens (tertiary/aromatic N) is 2. The Morgan fingerprint density at radius 1 is 1.24 bits per heavy atom. The first kappa shape index (κ1) is 12.4. The Morgan fingerprint density at radius 3 is 2.35 bits per heavy atom. The SMILES string of the molecule is CC1OC(C)C(C(NN)c2cncnc2)C1C. The lowest BCUT2D eigenvalue weighted by Crippen LogP contribution is -2.38. The van der Waals surface area contributed by atoms with E-state index in [-0.39, 0.29) is 18.2 Å². The van der Waals surface area contributed by atoms with Gasteiger partial charge in [0.05, 0.1) is 18.2 Å². The zero-order chi connectivity index (χ0) is 12.4. The maximum absolute atomic E-state index is 5.85. The van der Waals surface area contributed by atoms with Crippen LogP contribution in [-0.4, -0.2) is 22.2 Å². The van der Waals surface area contributed by atoms with E-state index in [0.29, 0.717) is 11.8 Å². The molecule has 94 valence electrons. The molecule has 0 radical (unpaired) electrons. The van der Waals surface area contributed by atoms with Crippen LogP contribution in [0.1, 0.15) is 32.4 Å². The van der Waals surface area contributed by atoms with E-state index >= 15 is 0 Å². The van der Waals surface area contributed by atoms with Crippen LogP contribution in [0.15, 0.2) is 18.7 Å². The van der Waals surface area contributed by atoms with Crippen molar-refractivity contribution in [3.05, 3.63) is 24.3 Å². The normalized spacial score (nSPS) is 34.8. The molecule has 0 aliphatic carbocycles. The molecule has 1 aromatic rings. The molecule has 2 rings (SSSR count). The third-order valence-electron chi connectivity index (χ3n) is 3.82. The van der Waals surface area contributed by atoms with Crippen LogP contribution in [0.25, 0.3) is 0 Å². The standard InChI is InChI=1S/C12H20N4O/c1-7-8(2)17-9(3)11(7)12(16-13)10-4-14-6-15-5-10/h4-9,11-12,16H,13H2,1-3H3. The van der Waals surface area contributed by atoms with Crippen molar-refractivity contribution in [2.45, 2.75) is 39.0 Å². The van der Waals surface area contributed by atoms with Gasteiger partial charge in [0.25, 0.3) is 0 Å². The van der Waals surface area contributed by atoms with Crippen molar-refractivity contribution in [3.8, 4) is 0 Å². The Hall–Kier alpha value is -1.04. The van der Waals surface area contributed by atoms with E-state index in [0.717, 1.165) is 5.56 Å². The van der Waals surface area contributed by atoms with Gasteiger partial charge < -0.3 is 4.74 Å². The average molecular weight is 236 g/mol. The predicted octanol–water partition coefficient (Wildman–Crippen LogP) is 1.04. The fourth-order valence-corrected chi connectivity index (χ4v) is 2.77. The summed E-state index contributed by atoms with van der Waals surface area (Å²) in [6.45, 7) is 6.40. The monoisotopic (exact) mass is 236 g/mol. The zero-order valence-electron chi connectivity index (χ0n) is 10.5. The van der Waals surface area contributed by atoms with Crippen LogP contribution >= 0.6 is 0 Å². The van der Waals surface area contributed by atoms with E-state index in [2.05, 4.69) is 36.2 Å². The number of nitrogens with one attached hydrogen (secondary N) is 1. The van der Waals surface area contributed by atoms with E-state index in [4.69, 9.17) is 10.6 Å². The third-order valence-corrected chi connectivity index (χ3v) is 3.82. The highest BCUT2D eigenvalue weighted by molar-refractivity contribution is 5.12. The Morgan fingerprint density at radius 2 is 1.88 bits per heavy atom. The molecule has 0 bridgehead atoms. The van der Waals surface area contributed by atoms with Gasteiger partial charge in [-0.1, -0.05) is 6.92 Å². The highest BCUT2D eigenvalue weighted by atomic mass is 16.5. The number of nitrogens with two attached hydrogens (primary N) is 1. The summed E-state index contributed by atoms with van der Waals surface area (Å²) in [5.41, 5.74) is 3.89. The van der Waals surface area contributed by atoms with Gasteiger partial charge >= 0.3 is 0 Å². The molecule has 5 atom stereocenters. The topological polar surface area (TPSA) is 73.1 Å². The summed E-state index contributed by atoms with van der Waals surface area (Å²) in [6, 6.07) is 0.0335. The molecule has 1 aliphatic rings. The van der Waals surface area contributed by atoms with Gasteiger partial charge in [0.1, 0.15) is 6.33 Å². The minimum atomic E-state index is 0.0335. The number of hydrazine groups is 1. The van der Waals surface area contributed by atoms with Gasteiger partial charge in [0, 0.05) is 23.9 Å². The zero-order valence-corrected chi connectivity index (χ0v) is 10.5. The molecule has 1 saturated heterocycles. The highest BCUT2D eigenvalue weighted by Gasteiger charge is 2.42. The molecule has 2 heterocycles. The minimum absolute atomic E-state index is 0.0335. The van der Waals surface area contributed by atoms with Crippen LogP contribution in [0, 0.1) is 11.8 Å². The summed E-state index contributed by atoms with van der Waals surface area (Å²) < 4.78 is 5.85. The first-order chi connectivity index (χ1) is 8.15. The number of hydrogen-bond acceptors (Lipinski definition) is 5. The average Bonchev–Trinajstić information content (AvgIpc) is 2.58. The summed E-state index contributed by atoms with van der Waals surface area (Å²) in [5.74, 6) is 6.48. The van der Waals surface area contributed by atoms with Gasteiger partial charge in [-0.2, -0.15) is 0 Å². The maximum atomic E-state index is 5.85. The summed E-state index contributed by atoms with van der Waals surface area (Å²) >= 11 is 0. The van der Waals surface area contributed by atoms with E-state index in [1.807, 2.05) is 0 Å². The van der Waals surface area contributed by atoms with Crippen LogP contribution in [0.2, 0.25) is 0 Å². The smallest absolute Gasteiger partial charge is 0.115 e. The van der Waals surface area contributed by atoms with E-state index in [1.54, 1.807) is 12.4 Å². The number of ether oxygens (including phenoxy) is 1. The molecule has 1 fully saturated rings. The molecule has 0 amide bonds. The number of aromatic nitrogens is 2. The van der Waals surface area contributed by atoms with Gasteiger partial charge in [0.2, 0.25) is 0 Å². The predicted molar refractivity (Wildman–Crippen MR) is 64.8 cm³/mol. The molecule has 3 N–H and O–H groups in total. The highest BCUT2D eigenvalue weighted by Crippen LogP contribution is 2.39. The van der Waals surface area contributed by atoms with Gasteiger partial charge in [0.15, 0.2) is 0 Å². The molecule has 5 nitrogen and oxygen atoms in total. The molecule has 0 saturated carbocycles. The van der Waals surface area contributed by atoms with Crippen LogP contribution in [-0.2, 0) is 4.74 Å². The van der Waals surface area contributed by atoms with Gasteiger partial charge in [-0.25, -0.2) is 9.97 Å². The lowest BCUT2D eigenvalue weighted by atomic mass is 9.81. The van der Waals surface area contributed by atoms with Crippen molar-refractivity contribution in [1.82, 2.24) is 15.4 Å². The molecule has 5 heteroatoms. The van der Waals surface area contributed by atoms with E-state index in [1.165, 1.54) is 6.33 Å². The molecule has 17 heavy (non-hydrogen) atoms. The minimum Gasteiger partial charge on any atom is -0.375 e. The lowest BCUT2D eigenvalue weighted by Gasteiger charge is -2.28. The molecular formula is C12H20N4O. The first-order valence-electron chi connectivity index (χ1n) is 6.01. The second kappa shape index (κ2) is 5.08. The van der Waals surface area contributed by atoms with Gasteiger partial charge in [-0.3, -0.25) is 11.3 Å². The van der Waals surface area contributed by atoms with Crippen molar-refractivity contribution in [1.29, 1.82) is 0 Å². The summed E-state index contributed by atoms with van der Waals surface area (Å²) in [6.07, 6.45) is 5.58. The lowest BCUT2D eigenvalue weighted by molar-refractivity contribution is 0.0474. The van der Waals surface area contributed by atoms with Crippen LogP contribution < -0.4 is 11.3 Å². The van der Waals surface area contributed by atoms with Crippen molar-refractivity contribution in [3.63, 3.8) is 0 Å². The van der Waals surface area contributed by atoms with Gasteiger partial charge in [-0.05, 0) is 19.8 Å². The Kier molecular flexibility index (Phi) is 3.71. The van der Waals surface area contributed by atoms with E-state index < -0.39 is 0 Å². The van der Waals surface area contributed by atoms with Crippen LogP contribution in [0.4, 0.5) is 0 Å². The third kappa shape index (κ3) is 2.31. The molecular weight excluding hydrogens is 216 g/mol. The second-order valence-corrected chi connectivity index (χ2v) is 4.80. The Labute approximate surface area is 102 Å². The van der Waals surface area contributed by atoms with Crippen molar-refractivity contribution in [2.75, 3.05) is 0 Å². The molecule has 1 aromatic heterocycles. The van der Waals surface area contributed by atoms with Crippen LogP contribution in [0.3, 0.4) is 0 Å². The van der Waals surface area contributed by atoms with Crippen molar-refractivity contribution >= 4 is 0 Å². The quantitative estimate of drug-likeness (QED) is 0.606.